The fourth-order valence-electron chi connectivity index (χ4n) is 2.28. The van der Waals surface area contributed by atoms with E-state index in [1.807, 2.05) is 0 Å². The molecule has 0 saturated carbocycles. The SMILES string of the molecule is CC(C)CC(OC(=O)C(F)(F)F)C(=O)N(C)Cc1cc(C(=O)O)ccc1N. The van der Waals surface area contributed by atoms with E-state index in [1.165, 1.54) is 25.2 Å². The first kappa shape index (κ1) is 22.3. The summed E-state index contributed by atoms with van der Waals surface area (Å²) < 4.78 is 41.7. The van der Waals surface area contributed by atoms with Crippen LogP contribution in [0.4, 0.5) is 18.9 Å². The average molecular weight is 390 g/mol. The topological polar surface area (TPSA) is 110 Å². The Balaban J connectivity index is 2.99. The number of aromatic carboxylic acids is 1. The first-order chi connectivity index (χ1) is 12.3. The number of nitrogens with zero attached hydrogens (tertiary/aromatic N) is 1. The average Bonchev–Trinajstić information content (AvgIpc) is 2.53. The predicted octanol–water partition coefficient (Wildman–Crippen LogP) is 2.45. The Morgan fingerprint density at radius 1 is 1.26 bits per heavy atom. The summed E-state index contributed by atoms with van der Waals surface area (Å²) in [5.74, 6) is -4.69. The van der Waals surface area contributed by atoms with Crippen molar-refractivity contribution in [2.45, 2.75) is 39.1 Å². The van der Waals surface area contributed by atoms with Crippen LogP contribution < -0.4 is 5.73 Å². The van der Waals surface area contributed by atoms with Crippen molar-refractivity contribution in [3.63, 3.8) is 0 Å². The molecule has 0 bridgehead atoms. The van der Waals surface area contributed by atoms with Gasteiger partial charge in [0.15, 0.2) is 6.10 Å². The predicted molar refractivity (Wildman–Crippen MR) is 89.7 cm³/mol. The number of nitrogens with two attached hydrogens (primary N) is 1. The summed E-state index contributed by atoms with van der Waals surface area (Å²) in [7, 11) is 1.30. The summed E-state index contributed by atoms with van der Waals surface area (Å²) in [6, 6.07) is 3.91. The fraction of sp³-hybridized carbons (Fsp3) is 0.471. The lowest BCUT2D eigenvalue weighted by Crippen LogP contribution is -2.42. The van der Waals surface area contributed by atoms with Crippen molar-refractivity contribution in [3.8, 4) is 0 Å². The van der Waals surface area contributed by atoms with Crippen LogP contribution in [0.25, 0.3) is 0 Å². The zero-order valence-corrected chi connectivity index (χ0v) is 15.0. The highest BCUT2D eigenvalue weighted by Gasteiger charge is 2.43. The van der Waals surface area contributed by atoms with Crippen molar-refractivity contribution in [1.29, 1.82) is 0 Å². The Kier molecular flexibility index (Phi) is 7.21. The number of carbonyl (C=O) groups is 3. The van der Waals surface area contributed by atoms with Crippen LogP contribution in [-0.4, -0.2) is 47.2 Å². The summed E-state index contributed by atoms with van der Waals surface area (Å²) in [4.78, 5) is 35.7. The van der Waals surface area contributed by atoms with Crippen LogP contribution >= 0.6 is 0 Å². The number of esters is 1. The highest BCUT2D eigenvalue weighted by molar-refractivity contribution is 5.89. The van der Waals surface area contributed by atoms with Gasteiger partial charge in [-0.05, 0) is 36.1 Å². The lowest BCUT2D eigenvalue weighted by Gasteiger charge is -2.25. The number of alkyl halides is 3. The first-order valence-electron chi connectivity index (χ1n) is 7.97. The minimum atomic E-state index is -5.21. The van der Waals surface area contributed by atoms with Gasteiger partial charge in [0.2, 0.25) is 0 Å². The number of amides is 1. The fourth-order valence-corrected chi connectivity index (χ4v) is 2.28. The molecule has 0 aliphatic rings. The van der Waals surface area contributed by atoms with Crippen LogP contribution in [0.15, 0.2) is 18.2 Å². The molecule has 0 aliphatic heterocycles. The monoisotopic (exact) mass is 390 g/mol. The number of anilines is 1. The molecule has 1 unspecified atom stereocenters. The van der Waals surface area contributed by atoms with Gasteiger partial charge in [0, 0.05) is 19.3 Å². The van der Waals surface area contributed by atoms with Gasteiger partial charge in [-0.1, -0.05) is 13.8 Å². The summed E-state index contributed by atoms with van der Waals surface area (Å²) in [5.41, 5.74) is 6.23. The molecular formula is C17H21F3N2O5. The van der Waals surface area contributed by atoms with Gasteiger partial charge in [0.05, 0.1) is 5.56 Å². The number of carboxylic acids is 1. The summed E-state index contributed by atoms with van der Waals surface area (Å²) in [5, 5.41) is 9.02. The second kappa shape index (κ2) is 8.74. The molecule has 1 aromatic rings. The van der Waals surface area contributed by atoms with Crippen LogP contribution in [0.3, 0.4) is 0 Å². The molecule has 3 N–H and O–H groups in total. The number of rotatable bonds is 7. The molecule has 0 radical (unpaired) electrons. The molecule has 1 aromatic carbocycles. The number of hydrogen-bond acceptors (Lipinski definition) is 5. The Labute approximate surface area is 153 Å². The van der Waals surface area contributed by atoms with Crippen LogP contribution in [0.1, 0.15) is 36.2 Å². The molecule has 0 heterocycles. The molecule has 0 saturated heterocycles. The van der Waals surface area contributed by atoms with E-state index in [0.717, 1.165) is 4.90 Å². The third-order valence-corrected chi connectivity index (χ3v) is 3.62. The summed E-state index contributed by atoms with van der Waals surface area (Å²) >= 11 is 0. The molecule has 0 aliphatic carbocycles. The van der Waals surface area contributed by atoms with E-state index >= 15 is 0 Å². The standard InChI is InChI=1S/C17H21F3N2O5/c1-9(2)6-13(27-16(26)17(18,19)20)14(23)22(3)8-11-7-10(15(24)25)4-5-12(11)21/h4-5,7,9,13H,6,8,21H2,1-3H3,(H,24,25). The highest BCUT2D eigenvalue weighted by atomic mass is 19.4. The minimum Gasteiger partial charge on any atom is -0.478 e. The van der Waals surface area contributed by atoms with Gasteiger partial charge < -0.3 is 20.5 Å². The number of nitrogen functional groups attached to an aromatic ring is 1. The second-order valence-electron chi connectivity index (χ2n) is 6.43. The van der Waals surface area contributed by atoms with Crippen molar-refractivity contribution in [3.05, 3.63) is 29.3 Å². The zero-order chi connectivity index (χ0) is 20.9. The molecule has 150 valence electrons. The van der Waals surface area contributed by atoms with Crippen molar-refractivity contribution in [1.82, 2.24) is 4.90 Å². The number of carbonyl (C=O) groups excluding carboxylic acids is 2. The molecule has 27 heavy (non-hydrogen) atoms. The molecule has 0 fully saturated rings. The maximum Gasteiger partial charge on any atom is 0.490 e. The number of benzene rings is 1. The van der Waals surface area contributed by atoms with Crippen molar-refractivity contribution >= 4 is 23.5 Å². The molecule has 0 spiro atoms. The number of likely N-dealkylation sites (N-methyl/N-ethyl adjacent to an activating group) is 1. The molecule has 10 heteroatoms. The van der Waals surface area contributed by atoms with Crippen LogP contribution in [-0.2, 0) is 20.9 Å². The molecule has 1 amide bonds. The van der Waals surface area contributed by atoms with Gasteiger partial charge in [0.1, 0.15) is 0 Å². The number of carboxylic acid groups (broad SMARTS) is 1. The number of hydrogen-bond donors (Lipinski definition) is 2. The molecule has 7 nitrogen and oxygen atoms in total. The summed E-state index contributed by atoms with van der Waals surface area (Å²) in [6.45, 7) is 3.16. The Bertz CT molecular complexity index is 719. The lowest BCUT2D eigenvalue weighted by atomic mass is 10.0. The van der Waals surface area contributed by atoms with Gasteiger partial charge in [-0.2, -0.15) is 13.2 Å². The quantitative estimate of drug-likeness (QED) is 0.547. The van der Waals surface area contributed by atoms with Gasteiger partial charge in [0.25, 0.3) is 5.91 Å². The van der Waals surface area contributed by atoms with E-state index in [0.29, 0.717) is 5.56 Å². The normalized spacial score (nSPS) is 12.6. The van der Waals surface area contributed by atoms with Crippen LogP contribution in [0.2, 0.25) is 0 Å². The zero-order valence-electron chi connectivity index (χ0n) is 15.0. The van der Waals surface area contributed by atoms with Gasteiger partial charge in [-0.25, -0.2) is 9.59 Å². The maximum absolute atomic E-state index is 12.5. The smallest absolute Gasteiger partial charge is 0.478 e. The first-order valence-corrected chi connectivity index (χ1v) is 7.97. The van der Waals surface area contributed by atoms with Crippen molar-refractivity contribution in [2.24, 2.45) is 5.92 Å². The van der Waals surface area contributed by atoms with E-state index in [2.05, 4.69) is 4.74 Å². The molecule has 0 aromatic heterocycles. The second-order valence-corrected chi connectivity index (χ2v) is 6.43. The van der Waals surface area contributed by atoms with Gasteiger partial charge >= 0.3 is 18.1 Å². The molecular weight excluding hydrogens is 369 g/mol. The van der Waals surface area contributed by atoms with Crippen molar-refractivity contribution < 1.29 is 37.4 Å². The van der Waals surface area contributed by atoms with E-state index in [-0.39, 0.29) is 30.1 Å². The Morgan fingerprint density at radius 3 is 2.33 bits per heavy atom. The maximum atomic E-state index is 12.5. The lowest BCUT2D eigenvalue weighted by molar-refractivity contribution is -0.206. The van der Waals surface area contributed by atoms with E-state index in [1.54, 1.807) is 13.8 Å². The highest BCUT2D eigenvalue weighted by Crippen LogP contribution is 2.22. The molecule has 1 rings (SSSR count). The number of halogens is 3. The largest absolute Gasteiger partial charge is 0.490 e. The van der Waals surface area contributed by atoms with Crippen LogP contribution in [0, 0.1) is 5.92 Å². The minimum absolute atomic E-state index is 0.0534. The van der Waals surface area contributed by atoms with E-state index in [4.69, 9.17) is 10.8 Å². The number of ether oxygens (including phenoxy) is 1. The third kappa shape index (κ3) is 6.46. The van der Waals surface area contributed by atoms with Gasteiger partial charge in [-0.15, -0.1) is 0 Å². The van der Waals surface area contributed by atoms with Crippen molar-refractivity contribution in [2.75, 3.05) is 12.8 Å². The van der Waals surface area contributed by atoms with Crippen LogP contribution in [0.5, 0.6) is 0 Å². The third-order valence-electron chi connectivity index (χ3n) is 3.62. The van der Waals surface area contributed by atoms with Gasteiger partial charge in [-0.3, -0.25) is 4.79 Å². The Hall–Kier alpha value is -2.78. The summed E-state index contributed by atoms with van der Waals surface area (Å²) in [6.07, 6.45) is -6.93. The van der Waals surface area contributed by atoms with E-state index in [9.17, 15) is 27.6 Å². The van der Waals surface area contributed by atoms with E-state index < -0.39 is 30.1 Å². The molecule has 1 atom stereocenters. The Morgan fingerprint density at radius 2 is 1.85 bits per heavy atom.